The van der Waals surface area contributed by atoms with Crippen LogP contribution >= 0.6 is 0 Å². The standard InChI is InChI=1S/C21H26N2O2/c1-15-10-11-16(2)19(14-15)25-13-7-12-23-18-9-6-5-8-17(18)22-20(23)21(3,4)24/h5-6,8-11,14,24H,7,12-13H2,1-4H3. The molecule has 3 rings (SSSR count). The van der Waals surface area contributed by atoms with Crippen molar-refractivity contribution in [3.05, 3.63) is 59.4 Å². The lowest BCUT2D eigenvalue weighted by molar-refractivity contribution is 0.0649. The Hall–Kier alpha value is -2.33. The third-order valence-corrected chi connectivity index (χ3v) is 4.33. The monoisotopic (exact) mass is 338 g/mol. The van der Waals surface area contributed by atoms with Crippen molar-refractivity contribution >= 4 is 11.0 Å². The summed E-state index contributed by atoms with van der Waals surface area (Å²) in [6, 6.07) is 14.2. The predicted octanol–water partition coefficient (Wildman–Crippen LogP) is 4.35. The number of aliphatic hydroxyl groups is 1. The Kier molecular flexibility index (Phi) is 4.82. The molecule has 0 saturated heterocycles. The molecule has 2 aromatic carbocycles. The largest absolute Gasteiger partial charge is 0.493 e. The van der Waals surface area contributed by atoms with E-state index in [2.05, 4.69) is 41.6 Å². The third-order valence-electron chi connectivity index (χ3n) is 4.33. The first-order chi connectivity index (χ1) is 11.9. The molecule has 0 aliphatic heterocycles. The Morgan fingerprint density at radius 3 is 2.64 bits per heavy atom. The summed E-state index contributed by atoms with van der Waals surface area (Å²) in [5.74, 6) is 1.64. The van der Waals surface area contributed by atoms with Crippen LogP contribution in [0.2, 0.25) is 0 Å². The van der Waals surface area contributed by atoms with E-state index in [1.807, 2.05) is 24.3 Å². The van der Waals surface area contributed by atoms with Gasteiger partial charge in [-0.05, 0) is 63.4 Å². The molecule has 0 atom stereocenters. The van der Waals surface area contributed by atoms with Gasteiger partial charge in [0.05, 0.1) is 17.6 Å². The molecular formula is C21H26N2O2. The van der Waals surface area contributed by atoms with Crippen molar-refractivity contribution < 1.29 is 9.84 Å². The van der Waals surface area contributed by atoms with Gasteiger partial charge in [-0.1, -0.05) is 24.3 Å². The van der Waals surface area contributed by atoms with Gasteiger partial charge in [-0.15, -0.1) is 0 Å². The number of benzene rings is 2. The molecule has 0 radical (unpaired) electrons. The number of hydrogen-bond donors (Lipinski definition) is 1. The van der Waals surface area contributed by atoms with Gasteiger partial charge in [-0.2, -0.15) is 0 Å². The molecule has 0 spiro atoms. The first kappa shape index (κ1) is 17.5. The highest BCUT2D eigenvalue weighted by molar-refractivity contribution is 5.76. The average Bonchev–Trinajstić information content (AvgIpc) is 2.94. The normalized spacial score (nSPS) is 11.9. The molecule has 4 heteroatoms. The summed E-state index contributed by atoms with van der Waals surface area (Å²) in [5, 5.41) is 10.5. The van der Waals surface area contributed by atoms with Crippen LogP contribution in [0, 0.1) is 13.8 Å². The van der Waals surface area contributed by atoms with Crippen LogP contribution in [0.5, 0.6) is 5.75 Å². The maximum absolute atomic E-state index is 10.5. The van der Waals surface area contributed by atoms with Crippen LogP contribution in [0.15, 0.2) is 42.5 Å². The predicted molar refractivity (Wildman–Crippen MR) is 101 cm³/mol. The smallest absolute Gasteiger partial charge is 0.141 e. The number of nitrogens with zero attached hydrogens (tertiary/aromatic N) is 2. The topological polar surface area (TPSA) is 47.3 Å². The van der Waals surface area contributed by atoms with Crippen molar-refractivity contribution in [3.63, 3.8) is 0 Å². The van der Waals surface area contributed by atoms with E-state index in [1.165, 1.54) is 5.56 Å². The molecule has 1 heterocycles. The Balaban J connectivity index is 1.74. The number of imidazole rings is 1. The van der Waals surface area contributed by atoms with Crippen LogP contribution in [-0.2, 0) is 12.1 Å². The van der Waals surface area contributed by atoms with Gasteiger partial charge in [-0.3, -0.25) is 0 Å². The molecule has 0 fully saturated rings. The van der Waals surface area contributed by atoms with E-state index in [1.54, 1.807) is 13.8 Å². The van der Waals surface area contributed by atoms with E-state index < -0.39 is 5.60 Å². The van der Waals surface area contributed by atoms with E-state index in [9.17, 15) is 5.11 Å². The maximum atomic E-state index is 10.5. The van der Waals surface area contributed by atoms with Crippen molar-refractivity contribution in [2.24, 2.45) is 0 Å². The van der Waals surface area contributed by atoms with Crippen LogP contribution in [0.1, 0.15) is 37.2 Å². The van der Waals surface area contributed by atoms with Crippen LogP contribution in [-0.4, -0.2) is 21.3 Å². The van der Waals surface area contributed by atoms with Crippen molar-refractivity contribution in [1.29, 1.82) is 0 Å². The highest BCUT2D eigenvalue weighted by Gasteiger charge is 2.24. The zero-order valence-electron chi connectivity index (χ0n) is 15.4. The molecule has 1 N–H and O–H groups in total. The highest BCUT2D eigenvalue weighted by Crippen LogP contribution is 2.25. The third kappa shape index (κ3) is 3.85. The summed E-state index contributed by atoms with van der Waals surface area (Å²) in [4.78, 5) is 4.62. The minimum atomic E-state index is -0.979. The minimum absolute atomic E-state index is 0.627. The number of aromatic nitrogens is 2. The lowest BCUT2D eigenvalue weighted by Crippen LogP contribution is -2.22. The zero-order chi connectivity index (χ0) is 18.0. The molecule has 3 aromatic rings. The second-order valence-corrected chi connectivity index (χ2v) is 7.11. The first-order valence-corrected chi connectivity index (χ1v) is 8.74. The summed E-state index contributed by atoms with van der Waals surface area (Å²) in [6.45, 7) is 9.06. The van der Waals surface area contributed by atoms with E-state index in [-0.39, 0.29) is 0 Å². The van der Waals surface area contributed by atoms with Crippen LogP contribution in [0.4, 0.5) is 0 Å². The molecule has 132 valence electrons. The van der Waals surface area contributed by atoms with E-state index in [0.29, 0.717) is 12.4 Å². The SMILES string of the molecule is Cc1ccc(C)c(OCCCn2c(C(C)(C)O)nc3ccccc32)c1. The molecule has 0 amide bonds. The number of fused-ring (bicyclic) bond motifs is 1. The van der Waals surface area contributed by atoms with Crippen molar-refractivity contribution in [2.75, 3.05) is 6.61 Å². The lowest BCUT2D eigenvalue weighted by atomic mass is 10.1. The van der Waals surface area contributed by atoms with Gasteiger partial charge in [-0.25, -0.2) is 4.98 Å². The fourth-order valence-corrected chi connectivity index (χ4v) is 3.04. The molecule has 0 saturated carbocycles. The van der Waals surface area contributed by atoms with Gasteiger partial charge in [0.15, 0.2) is 0 Å². The molecule has 0 aliphatic rings. The summed E-state index contributed by atoms with van der Waals surface area (Å²) in [7, 11) is 0. The summed E-state index contributed by atoms with van der Waals surface area (Å²) in [6.07, 6.45) is 0.844. The van der Waals surface area contributed by atoms with Crippen LogP contribution < -0.4 is 4.74 Å². The summed E-state index contributed by atoms with van der Waals surface area (Å²) in [5.41, 5.74) is 3.33. The number of rotatable bonds is 6. The molecular weight excluding hydrogens is 312 g/mol. The second-order valence-electron chi connectivity index (χ2n) is 7.11. The fourth-order valence-electron chi connectivity index (χ4n) is 3.04. The first-order valence-electron chi connectivity index (χ1n) is 8.74. The van der Waals surface area contributed by atoms with E-state index in [0.717, 1.165) is 35.3 Å². The molecule has 0 aliphatic carbocycles. The van der Waals surface area contributed by atoms with Gasteiger partial charge < -0.3 is 14.4 Å². The van der Waals surface area contributed by atoms with Crippen molar-refractivity contribution in [3.8, 4) is 5.75 Å². The molecule has 4 nitrogen and oxygen atoms in total. The van der Waals surface area contributed by atoms with Crippen molar-refractivity contribution in [2.45, 2.75) is 46.3 Å². The minimum Gasteiger partial charge on any atom is -0.493 e. The number of aryl methyl sites for hydroxylation is 3. The Morgan fingerprint density at radius 2 is 1.88 bits per heavy atom. The van der Waals surface area contributed by atoms with Gasteiger partial charge in [0, 0.05) is 6.54 Å². The maximum Gasteiger partial charge on any atom is 0.141 e. The van der Waals surface area contributed by atoms with E-state index in [4.69, 9.17) is 4.74 Å². The average molecular weight is 338 g/mol. The Labute approximate surface area is 149 Å². The van der Waals surface area contributed by atoms with Gasteiger partial charge in [0.25, 0.3) is 0 Å². The number of para-hydroxylation sites is 2. The quantitative estimate of drug-likeness (QED) is 0.680. The summed E-state index contributed by atoms with van der Waals surface area (Å²) < 4.78 is 8.06. The lowest BCUT2D eigenvalue weighted by Gasteiger charge is -2.19. The highest BCUT2D eigenvalue weighted by atomic mass is 16.5. The fraction of sp³-hybridized carbons (Fsp3) is 0.381. The molecule has 0 unspecified atom stereocenters. The van der Waals surface area contributed by atoms with Crippen LogP contribution in [0.25, 0.3) is 11.0 Å². The molecule has 0 bridgehead atoms. The Morgan fingerprint density at radius 1 is 1.12 bits per heavy atom. The number of ether oxygens (including phenoxy) is 1. The summed E-state index contributed by atoms with van der Waals surface area (Å²) >= 11 is 0. The number of hydrogen-bond acceptors (Lipinski definition) is 3. The van der Waals surface area contributed by atoms with Crippen molar-refractivity contribution in [1.82, 2.24) is 9.55 Å². The van der Waals surface area contributed by atoms with Gasteiger partial charge in [0.1, 0.15) is 17.2 Å². The van der Waals surface area contributed by atoms with E-state index >= 15 is 0 Å². The molecule has 25 heavy (non-hydrogen) atoms. The Bertz CT molecular complexity index is 875. The van der Waals surface area contributed by atoms with Gasteiger partial charge >= 0.3 is 0 Å². The second kappa shape index (κ2) is 6.89. The van der Waals surface area contributed by atoms with Gasteiger partial charge in [0.2, 0.25) is 0 Å². The molecule has 1 aromatic heterocycles. The van der Waals surface area contributed by atoms with Crippen LogP contribution in [0.3, 0.4) is 0 Å². The zero-order valence-corrected chi connectivity index (χ0v) is 15.4.